The molecule has 1 saturated heterocycles. The molecule has 88 valence electrons. The van der Waals surface area contributed by atoms with Gasteiger partial charge in [-0.15, -0.1) is 0 Å². The molecule has 1 aliphatic heterocycles. The summed E-state index contributed by atoms with van der Waals surface area (Å²) in [6.45, 7) is 3.71. The van der Waals surface area contributed by atoms with Crippen LogP contribution in [0.5, 0.6) is 0 Å². The van der Waals surface area contributed by atoms with E-state index in [0.29, 0.717) is 6.42 Å². The maximum absolute atomic E-state index is 12.8. The van der Waals surface area contributed by atoms with Crippen LogP contribution in [0, 0.1) is 18.8 Å². The van der Waals surface area contributed by atoms with E-state index in [9.17, 15) is 9.50 Å². The first kappa shape index (κ1) is 11.6. The third-order valence-corrected chi connectivity index (χ3v) is 3.61. The average Bonchev–Trinajstić information content (AvgIpc) is 2.25. The van der Waals surface area contributed by atoms with E-state index < -0.39 is 5.60 Å². The highest BCUT2D eigenvalue weighted by molar-refractivity contribution is 5.24. The lowest BCUT2D eigenvalue weighted by Crippen LogP contribution is -3.09. The van der Waals surface area contributed by atoms with E-state index in [1.165, 1.54) is 17.0 Å². The molecular formula is C13H18FNO. The predicted molar refractivity (Wildman–Crippen MR) is 60.1 cm³/mol. The highest BCUT2D eigenvalue weighted by Crippen LogP contribution is 2.33. The number of hydrogen-bond acceptors (Lipinski definition) is 1. The Morgan fingerprint density at radius 1 is 1.44 bits per heavy atom. The van der Waals surface area contributed by atoms with Gasteiger partial charge in [-0.3, -0.25) is 0 Å². The van der Waals surface area contributed by atoms with Gasteiger partial charge in [-0.1, -0.05) is 19.1 Å². The molecule has 1 fully saturated rings. The molecule has 2 rings (SSSR count). The van der Waals surface area contributed by atoms with Crippen molar-refractivity contribution in [3.63, 3.8) is 0 Å². The molecule has 0 aliphatic carbocycles. The maximum atomic E-state index is 12.8. The van der Waals surface area contributed by atoms with Crippen LogP contribution in [0.1, 0.15) is 18.9 Å². The van der Waals surface area contributed by atoms with Gasteiger partial charge in [0.2, 0.25) is 0 Å². The second-order valence-electron chi connectivity index (χ2n) is 4.79. The van der Waals surface area contributed by atoms with Crippen LogP contribution in [0.3, 0.4) is 0 Å². The summed E-state index contributed by atoms with van der Waals surface area (Å²) < 4.78 is 12.8. The quantitative estimate of drug-likeness (QED) is 0.674. The number of quaternary nitrogens is 1. The fraction of sp³-hybridized carbons (Fsp3) is 0.462. The molecular weight excluding hydrogens is 205 g/mol. The van der Waals surface area contributed by atoms with Gasteiger partial charge < -0.3 is 10.0 Å². The minimum Gasteiger partial charge on any atom is -0.467 e. The predicted octanol–water partition coefficient (Wildman–Crippen LogP) is 0.730. The molecule has 3 heteroatoms. The molecule has 0 aromatic heterocycles. The van der Waals surface area contributed by atoms with Crippen molar-refractivity contribution in [1.82, 2.24) is 0 Å². The van der Waals surface area contributed by atoms with Crippen molar-refractivity contribution in [1.29, 1.82) is 0 Å². The van der Waals surface area contributed by atoms with Crippen molar-refractivity contribution >= 4 is 0 Å². The fourth-order valence-electron chi connectivity index (χ4n) is 2.49. The van der Waals surface area contributed by atoms with Crippen molar-refractivity contribution in [2.45, 2.75) is 18.9 Å². The van der Waals surface area contributed by atoms with Gasteiger partial charge in [0.05, 0.1) is 13.1 Å². The number of piperidine rings is 1. The molecule has 16 heavy (non-hydrogen) atoms. The van der Waals surface area contributed by atoms with Crippen LogP contribution in [0.4, 0.5) is 4.39 Å². The molecule has 1 heterocycles. The Hall–Kier alpha value is -0.930. The van der Waals surface area contributed by atoms with Gasteiger partial charge in [-0.25, -0.2) is 4.39 Å². The first-order valence-electron chi connectivity index (χ1n) is 5.67. The number of aliphatic hydroxyl groups is 1. The Balaban J connectivity index is 2.27. The van der Waals surface area contributed by atoms with Gasteiger partial charge in [0.15, 0.2) is 0 Å². The van der Waals surface area contributed by atoms with Gasteiger partial charge in [-0.2, -0.15) is 7.05 Å². The Morgan fingerprint density at radius 3 is 2.62 bits per heavy atom. The van der Waals surface area contributed by atoms with Crippen molar-refractivity contribution in [3.05, 3.63) is 42.7 Å². The Labute approximate surface area is 95.7 Å². The van der Waals surface area contributed by atoms with E-state index in [1.54, 1.807) is 12.1 Å². The smallest absolute Gasteiger partial charge is 0.123 e. The normalized spacial score (nSPS) is 35.0. The van der Waals surface area contributed by atoms with Crippen molar-refractivity contribution in [2.75, 3.05) is 13.1 Å². The minimum atomic E-state index is -0.825. The zero-order valence-corrected chi connectivity index (χ0v) is 9.54. The summed E-state index contributed by atoms with van der Waals surface area (Å²) in [5.41, 5.74) is -0.0107. The maximum Gasteiger partial charge on any atom is 0.123 e. The molecule has 1 aliphatic rings. The molecule has 0 bridgehead atoms. The third kappa shape index (κ3) is 1.97. The molecule has 0 radical (unpaired) electrons. The van der Waals surface area contributed by atoms with E-state index >= 15 is 0 Å². The van der Waals surface area contributed by atoms with Crippen LogP contribution < -0.4 is 4.90 Å². The van der Waals surface area contributed by atoms with E-state index in [2.05, 4.69) is 7.05 Å². The molecule has 0 spiro atoms. The van der Waals surface area contributed by atoms with Crippen LogP contribution in [-0.2, 0) is 5.60 Å². The zero-order valence-electron chi connectivity index (χ0n) is 9.54. The van der Waals surface area contributed by atoms with E-state index in [4.69, 9.17) is 0 Å². The summed E-state index contributed by atoms with van der Waals surface area (Å²) in [4.78, 5) is 1.19. The summed E-state index contributed by atoms with van der Waals surface area (Å²) in [6.07, 6.45) is 0.679. The van der Waals surface area contributed by atoms with E-state index in [-0.39, 0.29) is 11.7 Å². The van der Waals surface area contributed by atoms with E-state index in [0.717, 1.165) is 18.7 Å². The Morgan fingerprint density at radius 2 is 2.06 bits per heavy atom. The van der Waals surface area contributed by atoms with Crippen LogP contribution in [0.25, 0.3) is 0 Å². The lowest BCUT2D eigenvalue weighted by atomic mass is 9.77. The number of rotatable bonds is 1. The standard InChI is InChI=1S/C13H18FNO/c1-10-9-15(2)8-7-13(10,16)11-3-5-12(14)6-4-11/h3-6,10,15-16H,2,7-9H2,1H3. The van der Waals surface area contributed by atoms with Crippen LogP contribution >= 0.6 is 0 Å². The highest BCUT2D eigenvalue weighted by atomic mass is 19.1. The number of benzene rings is 1. The number of halogens is 1. The summed E-state index contributed by atoms with van der Waals surface area (Å²) in [5.74, 6) is -0.126. The number of likely N-dealkylation sites (tertiary alicyclic amines) is 1. The summed E-state index contributed by atoms with van der Waals surface area (Å²) in [6, 6.07) is 6.17. The Kier molecular flexibility index (Phi) is 3.00. The first-order valence-corrected chi connectivity index (χ1v) is 5.67. The summed E-state index contributed by atoms with van der Waals surface area (Å²) >= 11 is 0. The molecule has 0 amide bonds. The molecule has 1 aromatic rings. The lowest BCUT2D eigenvalue weighted by Gasteiger charge is -2.42. The van der Waals surface area contributed by atoms with Gasteiger partial charge in [0.25, 0.3) is 0 Å². The second-order valence-corrected chi connectivity index (χ2v) is 4.79. The average molecular weight is 223 g/mol. The first-order chi connectivity index (χ1) is 7.52. The minimum absolute atomic E-state index is 0.138. The van der Waals surface area contributed by atoms with Crippen molar-refractivity contribution < 1.29 is 14.4 Å². The highest BCUT2D eigenvalue weighted by Gasteiger charge is 2.40. The largest absolute Gasteiger partial charge is 0.467 e. The van der Waals surface area contributed by atoms with Crippen LogP contribution in [-0.4, -0.2) is 18.2 Å². The van der Waals surface area contributed by atoms with Gasteiger partial charge in [-0.05, 0) is 17.7 Å². The fourth-order valence-corrected chi connectivity index (χ4v) is 2.49. The van der Waals surface area contributed by atoms with Gasteiger partial charge in [0, 0.05) is 12.3 Å². The SMILES string of the molecule is [CH2-][NH+]1CCC(O)(c2ccc(F)cc2)C(C)C1. The van der Waals surface area contributed by atoms with Crippen molar-refractivity contribution in [2.24, 2.45) is 5.92 Å². The summed E-state index contributed by atoms with van der Waals surface area (Å²) in [7, 11) is 3.97. The zero-order chi connectivity index (χ0) is 11.8. The van der Waals surface area contributed by atoms with E-state index in [1.807, 2.05) is 6.92 Å². The molecule has 3 atom stereocenters. The summed E-state index contributed by atoms with van der Waals surface area (Å²) in [5, 5.41) is 10.7. The second kappa shape index (κ2) is 4.15. The monoisotopic (exact) mass is 223 g/mol. The molecule has 0 saturated carbocycles. The van der Waals surface area contributed by atoms with Gasteiger partial charge in [0.1, 0.15) is 11.4 Å². The molecule has 3 unspecified atom stereocenters. The lowest BCUT2D eigenvalue weighted by molar-refractivity contribution is -0.867. The number of nitrogens with one attached hydrogen (secondary N) is 1. The third-order valence-electron chi connectivity index (χ3n) is 3.61. The Bertz CT molecular complexity index is 365. The number of hydrogen-bond donors (Lipinski definition) is 2. The molecule has 1 aromatic carbocycles. The topological polar surface area (TPSA) is 24.7 Å². The van der Waals surface area contributed by atoms with Crippen LogP contribution in [0.2, 0.25) is 0 Å². The van der Waals surface area contributed by atoms with Crippen LogP contribution in [0.15, 0.2) is 24.3 Å². The van der Waals surface area contributed by atoms with Gasteiger partial charge >= 0.3 is 0 Å². The molecule has 2 nitrogen and oxygen atoms in total. The molecule has 2 N–H and O–H groups in total. The van der Waals surface area contributed by atoms with Crippen molar-refractivity contribution in [3.8, 4) is 0 Å².